The molecule has 1 fully saturated rings. The Hall–Kier alpha value is -3.95. The van der Waals surface area contributed by atoms with Crippen LogP contribution in [0.4, 0.5) is 14.5 Å². The summed E-state index contributed by atoms with van der Waals surface area (Å²) in [7, 11) is 1.55. The maximum absolute atomic E-state index is 14.4. The highest BCUT2D eigenvalue weighted by Gasteiger charge is 2.51. The third kappa shape index (κ3) is 5.92. The molecule has 0 bridgehead atoms. The van der Waals surface area contributed by atoms with Crippen LogP contribution in [0.3, 0.4) is 0 Å². The van der Waals surface area contributed by atoms with Crippen LogP contribution in [-0.2, 0) is 9.59 Å². The van der Waals surface area contributed by atoms with Crippen molar-refractivity contribution in [1.29, 1.82) is 0 Å². The minimum Gasteiger partial charge on any atom is -0.491 e. The lowest BCUT2D eigenvalue weighted by Gasteiger charge is -2.32. The van der Waals surface area contributed by atoms with Crippen LogP contribution in [0.25, 0.3) is 0 Å². The lowest BCUT2D eigenvalue weighted by atomic mass is 9.81. The van der Waals surface area contributed by atoms with E-state index in [1.165, 1.54) is 4.90 Å². The number of ether oxygens (including phenoxy) is 1. The summed E-state index contributed by atoms with van der Waals surface area (Å²) in [4.78, 5) is 34.3. The zero-order valence-electron chi connectivity index (χ0n) is 22.8. The quantitative estimate of drug-likeness (QED) is 0.371. The van der Waals surface area contributed by atoms with Crippen molar-refractivity contribution in [2.45, 2.75) is 43.9 Å². The number of amides is 1. The summed E-state index contributed by atoms with van der Waals surface area (Å²) in [6, 6.07) is 19.0. The number of aliphatic imine (C=N–C) groups is 1. The number of anilines is 1. The lowest BCUT2D eigenvalue weighted by molar-refractivity contribution is -0.140. The van der Waals surface area contributed by atoms with Crippen molar-refractivity contribution < 1.29 is 28.2 Å². The number of nitrogens with two attached hydrogens (primary N) is 1. The molecule has 7 nitrogen and oxygen atoms in total. The first-order valence-corrected chi connectivity index (χ1v) is 13.8. The molecule has 1 aliphatic carbocycles. The van der Waals surface area contributed by atoms with Crippen LogP contribution in [-0.4, -0.2) is 47.9 Å². The number of fused-ring (bicyclic) bond motifs is 1. The summed E-state index contributed by atoms with van der Waals surface area (Å²) in [6.07, 6.45) is 2.63. The Balaban J connectivity index is 1.53. The topological polar surface area (TPSA) is 105 Å². The van der Waals surface area contributed by atoms with Gasteiger partial charge < -0.3 is 14.7 Å². The first-order valence-electron chi connectivity index (χ1n) is 13.8. The number of benzene rings is 3. The van der Waals surface area contributed by atoms with Gasteiger partial charge in [-0.3, -0.25) is 15.3 Å². The van der Waals surface area contributed by atoms with Crippen LogP contribution in [0.2, 0.25) is 0 Å². The van der Waals surface area contributed by atoms with E-state index in [2.05, 4.69) is 4.99 Å². The van der Waals surface area contributed by atoms with Crippen LogP contribution in [0.1, 0.15) is 43.2 Å². The normalized spacial score (nSPS) is 20.7. The number of para-hydroxylation sites is 1. The number of Topliss-reactive ketones (excluding diaryl/α,β-unsaturated/α-hetero) is 1. The molecule has 3 aromatic rings. The van der Waals surface area contributed by atoms with Crippen LogP contribution in [0.5, 0.6) is 5.75 Å². The first-order chi connectivity index (χ1) is 19.7. The number of ketones is 1. The van der Waals surface area contributed by atoms with E-state index in [1.807, 2.05) is 42.5 Å². The van der Waals surface area contributed by atoms with E-state index in [0.29, 0.717) is 28.6 Å². The summed E-state index contributed by atoms with van der Waals surface area (Å²) in [5.74, 6) is -4.21. The summed E-state index contributed by atoms with van der Waals surface area (Å²) < 4.78 is 32.9. The van der Waals surface area contributed by atoms with Crippen molar-refractivity contribution in [3.8, 4) is 5.75 Å². The predicted octanol–water partition coefficient (Wildman–Crippen LogP) is 4.64. The average molecular weight is 562 g/mol. The predicted molar refractivity (Wildman–Crippen MR) is 152 cm³/mol. The zero-order chi connectivity index (χ0) is 29.1. The molecule has 0 aromatic heterocycles. The number of aliphatic hydroxyl groups is 1. The standard InChI is InChI=1S/C32H33F2N3O4/c1-37-27-14-8-7-13-25(27)29(21-11-3-2-4-12-21)36-32(35,31(37)40)30(39)26(15-20-9-5-6-10-20)28(38)19-41-24-17-22(33)16-23(34)18-24/h2-4,7-8,11-14,16-18,20,26,28,38H,5-6,9-10,15,19,35H2,1H3/t26-,28-,32?/m1/s1. The fraction of sp³-hybridized carbons (Fsp3) is 0.344. The second kappa shape index (κ2) is 11.9. The first kappa shape index (κ1) is 28.6. The second-order valence-electron chi connectivity index (χ2n) is 10.8. The molecule has 1 saturated carbocycles. The van der Waals surface area contributed by atoms with E-state index in [4.69, 9.17) is 10.5 Å². The van der Waals surface area contributed by atoms with Gasteiger partial charge in [-0.05, 0) is 18.4 Å². The molecule has 2 aliphatic rings. The number of halogens is 2. The number of benzodiazepines with no additional fused rings is 1. The molecular formula is C32H33F2N3O4. The smallest absolute Gasteiger partial charge is 0.277 e. The molecule has 1 unspecified atom stereocenters. The van der Waals surface area contributed by atoms with Gasteiger partial charge in [0, 0.05) is 36.4 Å². The van der Waals surface area contributed by atoms with Crippen molar-refractivity contribution in [2.75, 3.05) is 18.6 Å². The van der Waals surface area contributed by atoms with Gasteiger partial charge in [0.25, 0.3) is 5.91 Å². The summed E-state index contributed by atoms with van der Waals surface area (Å²) >= 11 is 0. The van der Waals surface area contributed by atoms with E-state index in [-0.39, 0.29) is 18.1 Å². The number of carbonyl (C=O) groups is 2. The van der Waals surface area contributed by atoms with Gasteiger partial charge in [0.05, 0.1) is 23.4 Å². The van der Waals surface area contributed by atoms with Gasteiger partial charge in [0.2, 0.25) is 5.66 Å². The van der Waals surface area contributed by atoms with Gasteiger partial charge in [-0.1, -0.05) is 74.2 Å². The molecule has 41 heavy (non-hydrogen) atoms. The minimum atomic E-state index is -2.34. The maximum Gasteiger partial charge on any atom is 0.277 e. The van der Waals surface area contributed by atoms with E-state index >= 15 is 0 Å². The van der Waals surface area contributed by atoms with Crippen LogP contribution in [0, 0.1) is 23.5 Å². The van der Waals surface area contributed by atoms with Crippen LogP contribution >= 0.6 is 0 Å². The third-order valence-corrected chi connectivity index (χ3v) is 7.98. The van der Waals surface area contributed by atoms with Crippen LogP contribution in [0.15, 0.2) is 77.8 Å². The number of rotatable bonds is 9. The molecule has 214 valence electrons. The average Bonchev–Trinajstić information content (AvgIpc) is 3.47. The highest BCUT2D eigenvalue weighted by Crippen LogP contribution is 2.36. The molecule has 5 rings (SSSR count). The van der Waals surface area contributed by atoms with Gasteiger partial charge in [0.15, 0.2) is 5.78 Å². The Kier molecular flexibility index (Phi) is 8.28. The zero-order valence-corrected chi connectivity index (χ0v) is 22.8. The summed E-state index contributed by atoms with van der Waals surface area (Å²) in [5, 5.41) is 11.3. The SMILES string of the molecule is CN1C(=O)C(N)(C(=O)[C@H](CC2CCCC2)[C@H](O)COc2cc(F)cc(F)c2)N=C(c2ccccc2)c2ccccc21. The van der Waals surface area contributed by atoms with Crippen molar-refractivity contribution in [3.63, 3.8) is 0 Å². The Morgan fingerprint density at radius 1 is 1.07 bits per heavy atom. The number of carbonyl (C=O) groups excluding carboxylic acids is 2. The fourth-order valence-corrected chi connectivity index (χ4v) is 5.83. The Bertz CT molecular complexity index is 1440. The molecule has 0 saturated heterocycles. The number of likely N-dealkylation sites (N-methyl/N-ethyl adjacent to an activating group) is 1. The van der Waals surface area contributed by atoms with E-state index in [0.717, 1.165) is 37.8 Å². The largest absolute Gasteiger partial charge is 0.491 e. The van der Waals surface area contributed by atoms with Crippen molar-refractivity contribution in [2.24, 2.45) is 22.6 Å². The van der Waals surface area contributed by atoms with Crippen molar-refractivity contribution >= 4 is 23.1 Å². The maximum atomic E-state index is 14.4. The van der Waals surface area contributed by atoms with Gasteiger partial charge in [-0.25, -0.2) is 13.8 Å². The molecule has 0 radical (unpaired) electrons. The Labute approximate surface area is 237 Å². The molecule has 9 heteroatoms. The number of hydrogen-bond donors (Lipinski definition) is 2. The lowest BCUT2D eigenvalue weighted by Crippen LogP contribution is -2.61. The molecule has 1 aliphatic heterocycles. The van der Waals surface area contributed by atoms with Gasteiger partial charge in [-0.15, -0.1) is 0 Å². The van der Waals surface area contributed by atoms with Gasteiger partial charge in [0.1, 0.15) is 24.0 Å². The van der Waals surface area contributed by atoms with Crippen molar-refractivity contribution in [1.82, 2.24) is 0 Å². The van der Waals surface area contributed by atoms with Crippen molar-refractivity contribution in [3.05, 3.63) is 95.6 Å². The van der Waals surface area contributed by atoms with Gasteiger partial charge >= 0.3 is 0 Å². The number of nitrogens with zero attached hydrogens (tertiary/aromatic N) is 2. The van der Waals surface area contributed by atoms with E-state index in [9.17, 15) is 23.5 Å². The second-order valence-corrected chi connectivity index (χ2v) is 10.8. The molecule has 1 amide bonds. The molecule has 3 atom stereocenters. The molecular weight excluding hydrogens is 528 g/mol. The Morgan fingerprint density at radius 3 is 2.39 bits per heavy atom. The molecule has 3 N–H and O–H groups in total. The Morgan fingerprint density at radius 2 is 1.71 bits per heavy atom. The number of hydrogen-bond acceptors (Lipinski definition) is 6. The van der Waals surface area contributed by atoms with E-state index < -0.39 is 47.6 Å². The molecule has 3 aromatic carbocycles. The monoisotopic (exact) mass is 561 g/mol. The summed E-state index contributed by atoms with van der Waals surface area (Å²) in [6.45, 7) is -0.429. The highest BCUT2D eigenvalue weighted by atomic mass is 19.1. The van der Waals surface area contributed by atoms with Crippen LogP contribution < -0.4 is 15.4 Å². The summed E-state index contributed by atoms with van der Waals surface area (Å²) in [5.41, 5.74) is 6.63. The van der Waals surface area contributed by atoms with E-state index in [1.54, 1.807) is 19.2 Å². The highest BCUT2D eigenvalue weighted by molar-refractivity contribution is 6.26. The fourth-order valence-electron chi connectivity index (χ4n) is 5.83. The third-order valence-electron chi connectivity index (χ3n) is 7.98. The molecule has 0 spiro atoms. The van der Waals surface area contributed by atoms with Gasteiger partial charge in [-0.2, -0.15) is 0 Å². The number of aliphatic hydroxyl groups excluding tert-OH is 1. The minimum absolute atomic E-state index is 0.124. The molecule has 1 heterocycles.